The van der Waals surface area contributed by atoms with Crippen molar-refractivity contribution in [1.82, 2.24) is 10.5 Å². The smallest absolute Gasteiger partial charge is 0.223 e. The SMILES string of the molecule is CCCCC1CCC(C(=O)NCc2cc(-c3ccco3)on2)CC1. The number of amides is 1. The summed E-state index contributed by atoms with van der Waals surface area (Å²) in [7, 11) is 0. The molecule has 24 heavy (non-hydrogen) atoms. The van der Waals surface area contributed by atoms with Gasteiger partial charge >= 0.3 is 0 Å². The molecule has 0 saturated heterocycles. The highest BCUT2D eigenvalue weighted by Crippen LogP contribution is 2.32. The van der Waals surface area contributed by atoms with E-state index in [2.05, 4.69) is 17.4 Å². The van der Waals surface area contributed by atoms with Crippen LogP contribution in [0.3, 0.4) is 0 Å². The zero-order valence-corrected chi connectivity index (χ0v) is 14.3. The summed E-state index contributed by atoms with van der Waals surface area (Å²) in [5.41, 5.74) is 0.714. The van der Waals surface area contributed by atoms with Crippen LogP contribution in [0.2, 0.25) is 0 Å². The molecule has 1 aliphatic carbocycles. The number of nitrogens with one attached hydrogen (secondary N) is 1. The third kappa shape index (κ3) is 4.28. The Kier molecular flexibility index (Phi) is 5.72. The van der Waals surface area contributed by atoms with Crippen LogP contribution in [-0.2, 0) is 11.3 Å². The van der Waals surface area contributed by atoms with E-state index in [1.165, 1.54) is 32.1 Å². The Bertz CT molecular complexity index is 625. The monoisotopic (exact) mass is 330 g/mol. The van der Waals surface area contributed by atoms with Gasteiger partial charge in [-0.25, -0.2) is 0 Å². The van der Waals surface area contributed by atoms with Crippen molar-refractivity contribution < 1.29 is 13.7 Å². The van der Waals surface area contributed by atoms with Gasteiger partial charge in [0.2, 0.25) is 11.7 Å². The van der Waals surface area contributed by atoms with E-state index < -0.39 is 0 Å². The van der Waals surface area contributed by atoms with Crippen LogP contribution in [0.1, 0.15) is 57.6 Å². The fourth-order valence-electron chi connectivity index (χ4n) is 3.46. The van der Waals surface area contributed by atoms with Gasteiger partial charge in [0.25, 0.3) is 0 Å². The first kappa shape index (κ1) is 16.8. The van der Waals surface area contributed by atoms with Crippen molar-refractivity contribution in [3.05, 3.63) is 30.2 Å². The van der Waals surface area contributed by atoms with Crippen molar-refractivity contribution in [2.45, 2.75) is 58.4 Å². The third-order valence-corrected chi connectivity index (χ3v) is 4.95. The highest BCUT2D eigenvalue weighted by molar-refractivity contribution is 5.78. The number of furan rings is 1. The van der Waals surface area contributed by atoms with Gasteiger partial charge in [-0.2, -0.15) is 0 Å². The Morgan fingerprint density at radius 2 is 2.12 bits per heavy atom. The maximum Gasteiger partial charge on any atom is 0.223 e. The molecular weight excluding hydrogens is 304 g/mol. The Balaban J connectivity index is 1.43. The topological polar surface area (TPSA) is 68.3 Å². The van der Waals surface area contributed by atoms with Crippen LogP contribution in [0.4, 0.5) is 0 Å². The number of carbonyl (C=O) groups is 1. The molecule has 1 saturated carbocycles. The summed E-state index contributed by atoms with van der Waals surface area (Å²) < 4.78 is 10.5. The van der Waals surface area contributed by atoms with Crippen LogP contribution in [0.25, 0.3) is 11.5 Å². The van der Waals surface area contributed by atoms with Gasteiger partial charge in [0.1, 0.15) is 5.69 Å². The number of rotatable bonds is 7. The van der Waals surface area contributed by atoms with Crippen LogP contribution in [-0.4, -0.2) is 11.1 Å². The van der Waals surface area contributed by atoms with E-state index in [0.717, 1.165) is 18.8 Å². The van der Waals surface area contributed by atoms with E-state index in [-0.39, 0.29) is 11.8 Å². The van der Waals surface area contributed by atoms with Crippen molar-refractivity contribution in [2.75, 3.05) is 0 Å². The lowest BCUT2D eigenvalue weighted by atomic mass is 9.79. The summed E-state index contributed by atoms with van der Waals surface area (Å²) in [6.45, 7) is 2.64. The molecule has 2 heterocycles. The van der Waals surface area contributed by atoms with Crippen LogP contribution in [0.5, 0.6) is 0 Å². The molecule has 2 aromatic heterocycles. The minimum absolute atomic E-state index is 0.145. The third-order valence-electron chi connectivity index (χ3n) is 4.95. The first-order chi connectivity index (χ1) is 11.8. The first-order valence-corrected chi connectivity index (χ1v) is 9.03. The number of aromatic nitrogens is 1. The van der Waals surface area contributed by atoms with Crippen molar-refractivity contribution in [2.24, 2.45) is 11.8 Å². The van der Waals surface area contributed by atoms with E-state index in [1.54, 1.807) is 18.4 Å². The van der Waals surface area contributed by atoms with Gasteiger partial charge in [-0.1, -0.05) is 31.3 Å². The minimum atomic E-state index is 0.145. The fraction of sp³-hybridized carbons (Fsp3) is 0.579. The van der Waals surface area contributed by atoms with Gasteiger partial charge in [-0.3, -0.25) is 4.79 Å². The van der Waals surface area contributed by atoms with Gasteiger partial charge in [-0.15, -0.1) is 0 Å². The maximum atomic E-state index is 12.3. The Morgan fingerprint density at radius 3 is 2.83 bits per heavy atom. The van der Waals surface area contributed by atoms with Gasteiger partial charge < -0.3 is 14.3 Å². The molecule has 1 fully saturated rings. The van der Waals surface area contributed by atoms with E-state index in [4.69, 9.17) is 8.94 Å². The second-order valence-electron chi connectivity index (χ2n) is 6.74. The highest BCUT2D eigenvalue weighted by Gasteiger charge is 2.25. The summed E-state index contributed by atoms with van der Waals surface area (Å²) in [6.07, 6.45) is 9.88. The normalized spacial score (nSPS) is 20.9. The molecule has 0 aliphatic heterocycles. The van der Waals surface area contributed by atoms with Crippen molar-refractivity contribution >= 4 is 5.91 Å². The molecule has 3 rings (SSSR count). The zero-order valence-electron chi connectivity index (χ0n) is 14.3. The van der Waals surface area contributed by atoms with E-state index >= 15 is 0 Å². The van der Waals surface area contributed by atoms with Crippen LogP contribution in [0.15, 0.2) is 33.4 Å². The molecule has 1 amide bonds. The molecule has 1 N–H and O–H groups in total. The molecule has 0 radical (unpaired) electrons. The van der Waals surface area contributed by atoms with Gasteiger partial charge in [0.15, 0.2) is 5.76 Å². The minimum Gasteiger partial charge on any atom is -0.461 e. The summed E-state index contributed by atoms with van der Waals surface area (Å²) >= 11 is 0. The zero-order chi connectivity index (χ0) is 16.8. The fourth-order valence-corrected chi connectivity index (χ4v) is 3.46. The lowest BCUT2D eigenvalue weighted by Crippen LogP contribution is -2.32. The molecule has 1 aliphatic rings. The summed E-state index contributed by atoms with van der Waals surface area (Å²) in [5.74, 6) is 2.34. The lowest BCUT2D eigenvalue weighted by molar-refractivity contribution is -0.126. The number of unbranched alkanes of at least 4 members (excludes halogenated alkanes) is 1. The summed E-state index contributed by atoms with van der Waals surface area (Å²) in [4.78, 5) is 12.3. The molecule has 0 aromatic carbocycles. The Hall–Kier alpha value is -2.04. The molecule has 0 spiro atoms. The summed E-state index contributed by atoms with van der Waals surface area (Å²) in [6, 6.07) is 5.43. The maximum absolute atomic E-state index is 12.3. The largest absolute Gasteiger partial charge is 0.461 e. The molecule has 0 bridgehead atoms. The second kappa shape index (κ2) is 8.18. The number of carbonyl (C=O) groups excluding carboxylic acids is 1. The van der Waals surface area contributed by atoms with Crippen LogP contribution < -0.4 is 5.32 Å². The lowest BCUT2D eigenvalue weighted by Gasteiger charge is -2.27. The molecule has 0 atom stereocenters. The van der Waals surface area contributed by atoms with Gasteiger partial charge in [0, 0.05) is 12.0 Å². The molecule has 5 heteroatoms. The van der Waals surface area contributed by atoms with Gasteiger partial charge in [-0.05, 0) is 43.7 Å². The molecule has 130 valence electrons. The first-order valence-electron chi connectivity index (χ1n) is 9.03. The van der Waals surface area contributed by atoms with E-state index in [1.807, 2.05) is 6.07 Å². The Morgan fingerprint density at radius 1 is 1.29 bits per heavy atom. The van der Waals surface area contributed by atoms with Crippen molar-refractivity contribution in [1.29, 1.82) is 0 Å². The van der Waals surface area contributed by atoms with E-state index in [9.17, 15) is 4.79 Å². The molecule has 5 nitrogen and oxygen atoms in total. The van der Waals surface area contributed by atoms with Crippen LogP contribution >= 0.6 is 0 Å². The molecule has 0 unspecified atom stereocenters. The Labute approximate surface area is 142 Å². The molecular formula is C19H26N2O3. The average Bonchev–Trinajstić information content (AvgIpc) is 3.29. The average molecular weight is 330 g/mol. The highest BCUT2D eigenvalue weighted by atomic mass is 16.5. The number of hydrogen-bond acceptors (Lipinski definition) is 4. The predicted molar refractivity (Wildman–Crippen MR) is 91.0 cm³/mol. The quantitative estimate of drug-likeness (QED) is 0.809. The summed E-state index contributed by atoms with van der Waals surface area (Å²) in [5, 5.41) is 6.98. The predicted octanol–water partition coefficient (Wildman–Crippen LogP) is 4.55. The standard InChI is InChI=1S/C19H26N2O3/c1-2-3-5-14-7-9-15(10-8-14)19(22)20-13-16-12-18(24-21-16)17-6-4-11-23-17/h4,6,11-12,14-15H,2-3,5,7-10,13H2,1H3,(H,20,22). The number of hydrogen-bond donors (Lipinski definition) is 1. The van der Waals surface area contributed by atoms with Crippen molar-refractivity contribution in [3.8, 4) is 11.5 Å². The number of nitrogens with zero attached hydrogens (tertiary/aromatic N) is 1. The van der Waals surface area contributed by atoms with Gasteiger partial charge in [0.05, 0.1) is 12.8 Å². The van der Waals surface area contributed by atoms with Crippen LogP contribution in [0, 0.1) is 11.8 Å². The van der Waals surface area contributed by atoms with E-state index in [0.29, 0.717) is 23.8 Å². The van der Waals surface area contributed by atoms with Crippen molar-refractivity contribution in [3.63, 3.8) is 0 Å². The molecule has 2 aromatic rings. The second-order valence-corrected chi connectivity index (χ2v) is 6.74.